The number of carboxylic acid groups (broad SMARTS) is 1. The lowest BCUT2D eigenvalue weighted by atomic mass is 10.0. The molecule has 0 radical (unpaired) electrons. The summed E-state index contributed by atoms with van der Waals surface area (Å²) in [6, 6.07) is 6.39. The van der Waals surface area contributed by atoms with Crippen molar-refractivity contribution in [3.8, 4) is 5.69 Å². The Morgan fingerprint density at radius 2 is 1.66 bits per heavy atom. The fourth-order valence-corrected chi connectivity index (χ4v) is 7.18. The number of primary amides is 1. The molecule has 0 unspecified atom stereocenters. The molecular formula is C30H30F2N8O6S. The Morgan fingerprint density at radius 1 is 0.979 bits per heavy atom. The van der Waals surface area contributed by atoms with Crippen molar-refractivity contribution in [1.82, 2.24) is 24.0 Å². The van der Waals surface area contributed by atoms with Crippen molar-refractivity contribution in [2.45, 2.75) is 17.9 Å². The lowest BCUT2D eigenvalue weighted by Crippen LogP contribution is -2.45. The van der Waals surface area contributed by atoms with Gasteiger partial charge in [-0.25, -0.2) is 22.0 Å². The van der Waals surface area contributed by atoms with Crippen LogP contribution in [0.3, 0.4) is 0 Å². The van der Waals surface area contributed by atoms with Gasteiger partial charge in [0.1, 0.15) is 11.6 Å². The molecule has 47 heavy (non-hydrogen) atoms. The van der Waals surface area contributed by atoms with Crippen molar-refractivity contribution in [3.63, 3.8) is 0 Å². The summed E-state index contributed by atoms with van der Waals surface area (Å²) < 4.78 is 56.8. The lowest BCUT2D eigenvalue weighted by Gasteiger charge is -2.35. The first-order valence-corrected chi connectivity index (χ1v) is 15.9. The zero-order valence-corrected chi connectivity index (χ0v) is 25.9. The van der Waals surface area contributed by atoms with Crippen molar-refractivity contribution < 1.29 is 36.7 Å². The molecule has 14 nitrogen and oxygen atoms in total. The van der Waals surface area contributed by atoms with Gasteiger partial charge in [-0.2, -0.15) is 9.40 Å². The van der Waals surface area contributed by atoms with Crippen molar-refractivity contribution in [2.75, 3.05) is 50.0 Å². The van der Waals surface area contributed by atoms with Crippen LogP contribution in [0.4, 0.5) is 20.3 Å². The number of carbonyl (C=O) groups excluding carboxylic acids is 2. The highest BCUT2D eigenvalue weighted by Crippen LogP contribution is 2.32. The van der Waals surface area contributed by atoms with Gasteiger partial charge in [-0.15, -0.1) is 0 Å². The number of rotatable bonds is 8. The number of aromatic amines is 1. The minimum Gasteiger partial charge on any atom is -0.478 e. The van der Waals surface area contributed by atoms with E-state index in [-0.39, 0.29) is 42.0 Å². The summed E-state index contributed by atoms with van der Waals surface area (Å²) in [6.45, 7) is 2.37. The second-order valence-corrected chi connectivity index (χ2v) is 13.3. The number of nitrogens with zero attached hydrogens (tertiary/aromatic N) is 5. The summed E-state index contributed by atoms with van der Waals surface area (Å²) in [5, 5.41) is 19.1. The SMILES string of the molecule is CN1CCN(c2cc(C(N)=O)c(C(=O)Nc3n[nH]c4c3CN(S(=O)(=O)c3cc(F)cc(F)c3)CC4)cc2-n2ccc(C(=O)O)c2)CC1. The standard InChI is InChI=1S/C30H30F2N8O6S/c1-37-6-8-38(9-7-37)25-13-21(27(33)41)22(14-26(25)39-4-2-17(15-39)30(43)44)29(42)34-28-23-16-40(5-3-24(23)35-36-28)47(45,46)20-11-18(31)10-19(32)12-20/h2,4,10-15H,3,5-9,16H2,1H3,(H2,33,41)(H,43,44)(H2,34,35,36,42). The number of likely N-dealkylation sites (N-methyl/N-ethyl adjacent to an activating group) is 1. The van der Waals surface area contributed by atoms with Crippen LogP contribution in [0.5, 0.6) is 0 Å². The molecule has 2 aromatic heterocycles. The summed E-state index contributed by atoms with van der Waals surface area (Å²) in [4.78, 5) is 41.8. The predicted octanol–water partition coefficient (Wildman–Crippen LogP) is 2.03. The number of amides is 2. The average Bonchev–Trinajstić information content (AvgIpc) is 3.68. The number of aromatic carboxylic acids is 1. The summed E-state index contributed by atoms with van der Waals surface area (Å²) >= 11 is 0. The fourth-order valence-electron chi connectivity index (χ4n) is 5.73. The third-order valence-electron chi connectivity index (χ3n) is 8.29. The summed E-state index contributed by atoms with van der Waals surface area (Å²) in [6.07, 6.45) is 3.10. The Balaban J connectivity index is 1.35. The van der Waals surface area contributed by atoms with Crippen LogP contribution in [0.15, 0.2) is 53.7 Å². The molecule has 0 atom stereocenters. The number of hydrogen-bond donors (Lipinski definition) is 4. The Bertz CT molecular complexity index is 2000. The number of fused-ring (bicyclic) bond motifs is 1. The molecule has 17 heteroatoms. The fraction of sp³-hybridized carbons (Fsp3) is 0.267. The number of nitrogens with two attached hydrogens (primary N) is 1. The topological polar surface area (TPSA) is 187 Å². The molecule has 2 aliphatic heterocycles. The highest BCUT2D eigenvalue weighted by molar-refractivity contribution is 7.89. The lowest BCUT2D eigenvalue weighted by molar-refractivity contribution is 0.0696. The van der Waals surface area contributed by atoms with E-state index in [1.807, 2.05) is 11.9 Å². The molecule has 4 heterocycles. The number of halogens is 2. The van der Waals surface area contributed by atoms with Gasteiger partial charge < -0.3 is 30.5 Å². The largest absolute Gasteiger partial charge is 0.478 e. The van der Waals surface area contributed by atoms with Crippen molar-refractivity contribution in [1.29, 1.82) is 0 Å². The maximum atomic E-state index is 13.8. The maximum absolute atomic E-state index is 13.8. The van der Waals surface area contributed by atoms with Gasteiger partial charge in [0.2, 0.25) is 15.9 Å². The Kier molecular flexibility index (Phi) is 8.29. The van der Waals surface area contributed by atoms with Gasteiger partial charge in [-0.05, 0) is 37.4 Å². The van der Waals surface area contributed by atoms with Gasteiger partial charge in [0.05, 0.1) is 33.0 Å². The average molecular weight is 669 g/mol. The van der Waals surface area contributed by atoms with E-state index in [0.717, 1.165) is 29.5 Å². The molecular weight excluding hydrogens is 638 g/mol. The molecule has 1 saturated heterocycles. The van der Waals surface area contributed by atoms with Crippen LogP contribution >= 0.6 is 0 Å². The summed E-state index contributed by atoms with van der Waals surface area (Å²) in [5.74, 6) is -4.89. The van der Waals surface area contributed by atoms with E-state index >= 15 is 0 Å². The van der Waals surface area contributed by atoms with Crippen molar-refractivity contribution >= 4 is 39.3 Å². The number of benzene rings is 2. The van der Waals surface area contributed by atoms with Gasteiger partial charge in [-0.1, -0.05) is 0 Å². The molecule has 0 aliphatic carbocycles. The highest BCUT2D eigenvalue weighted by atomic mass is 32.2. The molecule has 2 aromatic carbocycles. The van der Waals surface area contributed by atoms with Crippen LogP contribution in [0.1, 0.15) is 42.3 Å². The van der Waals surface area contributed by atoms with Gasteiger partial charge >= 0.3 is 5.97 Å². The van der Waals surface area contributed by atoms with Gasteiger partial charge in [0.15, 0.2) is 5.82 Å². The molecule has 0 saturated carbocycles. The number of nitrogens with one attached hydrogen (secondary N) is 2. The second kappa shape index (κ2) is 12.2. The van der Waals surface area contributed by atoms with Gasteiger partial charge in [0, 0.05) is 75.4 Å². The third-order valence-corrected chi connectivity index (χ3v) is 10.1. The third kappa shape index (κ3) is 6.19. The van der Waals surface area contributed by atoms with E-state index in [2.05, 4.69) is 20.4 Å². The van der Waals surface area contributed by atoms with Crippen molar-refractivity contribution in [2.24, 2.45) is 5.73 Å². The molecule has 4 aromatic rings. The van der Waals surface area contributed by atoms with Crippen LogP contribution in [-0.4, -0.2) is 95.0 Å². The van der Waals surface area contributed by atoms with E-state index in [9.17, 15) is 36.7 Å². The van der Waals surface area contributed by atoms with E-state index in [1.165, 1.54) is 30.6 Å². The van der Waals surface area contributed by atoms with Gasteiger partial charge in [0.25, 0.3) is 5.91 Å². The Hall–Kier alpha value is -5.13. The molecule has 0 spiro atoms. The van der Waals surface area contributed by atoms with E-state index < -0.39 is 44.3 Å². The van der Waals surface area contributed by atoms with Gasteiger partial charge in [-0.3, -0.25) is 14.7 Å². The number of carbonyl (C=O) groups is 3. The predicted molar refractivity (Wildman–Crippen MR) is 165 cm³/mol. The zero-order chi connectivity index (χ0) is 33.6. The van der Waals surface area contributed by atoms with Crippen LogP contribution in [0, 0.1) is 11.6 Å². The molecule has 0 bridgehead atoms. The molecule has 2 amide bonds. The minimum atomic E-state index is -4.32. The summed E-state index contributed by atoms with van der Waals surface area (Å²) in [7, 11) is -2.34. The van der Waals surface area contributed by atoms with E-state index in [1.54, 1.807) is 4.57 Å². The quantitative estimate of drug-likeness (QED) is 0.218. The number of carboxylic acids is 1. The Labute approximate surface area is 267 Å². The van der Waals surface area contributed by atoms with Crippen LogP contribution < -0.4 is 16.0 Å². The Morgan fingerprint density at radius 3 is 2.30 bits per heavy atom. The highest BCUT2D eigenvalue weighted by Gasteiger charge is 2.33. The maximum Gasteiger partial charge on any atom is 0.337 e. The summed E-state index contributed by atoms with van der Waals surface area (Å²) in [5.41, 5.74) is 7.44. The second-order valence-electron chi connectivity index (χ2n) is 11.3. The number of piperazine rings is 1. The number of anilines is 2. The first-order chi connectivity index (χ1) is 22.3. The monoisotopic (exact) mass is 668 g/mol. The number of hydrogen-bond acceptors (Lipinski definition) is 8. The number of H-pyrrole nitrogens is 1. The van der Waals surface area contributed by atoms with E-state index in [4.69, 9.17) is 5.73 Å². The van der Waals surface area contributed by atoms with Crippen LogP contribution in [0.25, 0.3) is 5.69 Å². The number of sulfonamides is 1. The number of aromatic nitrogens is 3. The van der Waals surface area contributed by atoms with Crippen molar-refractivity contribution in [3.05, 3.63) is 88.4 Å². The molecule has 1 fully saturated rings. The smallest absolute Gasteiger partial charge is 0.337 e. The van der Waals surface area contributed by atoms with Crippen LogP contribution in [-0.2, 0) is 23.0 Å². The van der Waals surface area contributed by atoms with Crippen LogP contribution in [0.2, 0.25) is 0 Å². The normalized spacial score (nSPS) is 15.8. The first kappa shape index (κ1) is 31.8. The molecule has 246 valence electrons. The van der Waals surface area contributed by atoms with E-state index in [0.29, 0.717) is 41.8 Å². The first-order valence-electron chi connectivity index (χ1n) is 14.5. The minimum absolute atomic E-state index is 0.00966. The molecule has 6 rings (SSSR count). The molecule has 2 aliphatic rings. The zero-order valence-electron chi connectivity index (χ0n) is 25.0. The molecule has 5 N–H and O–H groups in total.